The van der Waals surface area contributed by atoms with Gasteiger partial charge in [-0.05, 0) is 56.0 Å². The van der Waals surface area contributed by atoms with Crippen molar-refractivity contribution in [3.8, 4) is 0 Å². The number of rotatable bonds is 1. The fraction of sp³-hybridized carbons (Fsp3) is 1.00. The van der Waals surface area contributed by atoms with Crippen molar-refractivity contribution < 1.29 is 0 Å². The first-order valence-corrected chi connectivity index (χ1v) is 7.74. The summed E-state index contributed by atoms with van der Waals surface area (Å²) < 4.78 is 0. The van der Waals surface area contributed by atoms with Crippen LogP contribution in [0.3, 0.4) is 0 Å². The number of hydrogen-bond donors (Lipinski definition) is 0. The van der Waals surface area contributed by atoms with Crippen molar-refractivity contribution in [1.29, 1.82) is 0 Å². The predicted octanol–water partition coefficient (Wildman–Crippen LogP) is 4.57. The summed E-state index contributed by atoms with van der Waals surface area (Å²) in [5.74, 6) is 1.80. The van der Waals surface area contributed by atoms with Crippen molar-refractivity contribution >= 4 is 0 Å². The summed E-state index contributed by atoms with van der Waals surface area (Å²) in [7, 11) is 0. The summed E-state index contributed by atoms with van der Waals surface area (Å²) in [6.07, 6.45) is 5.69. The summed E-state index contributed by atoms with van der Waals surface area (Å²) in [5, 5.41) is 0. The molecule has 3 unspecified atom stereocenters. The van der Waals surface area contributed by atoms with Crippen LogP contribution in [0.4, 0.5) is 0 Å². The van der Waals surface area contributed by atoms with E-state index in [1.54, 1.807) is 0 Å². The van der Waals surface area contributed by atoms with E-state index < -0.39 is 0 Å². The minimum atomic E-state index is 0.569. The summed E-state index contributed by atoms with van der Waals surface area (Å²) in [6, 6.07) is 0.867. The van der Waals surface area contributed by atoms with E-state index in [4.69, 9.17) is 0 Å². The zero-order valence-corrected chi connectivity index (χ0v) is 12.9. The van der Waals surface area contributed by atoms with Gasteiger partial charge in [-0.1, -0.05) is 41.5 Å². The molecule has 2 fully saturated rings. The SMILES string of the molecule is CC.CC1CC(C)(C)CC(N2CCCC2)C1C. The molecule has 102 valence electrons. The second-order valence-electron chi connectivity index (χ2n) is 6.72. The molecule has 1 saturated carbocycles. The molecule has 1 heterocycles. The Kier molecular flexibility index (Phi) is 5.50. The Morgan fingerprint density at radius 1 is 0.941 bits per heavy atom. The first-order valence-electron chi connectivity index (χ1n) is 7.74. The topological polar surface area (TPSA) is 3.24 Å². The van der Waals surface area contributed by atoms with Gasteiger partial charge in [0.15, 0.2) is 0 Å². The third-order valence-corrected chi connectivity index (χ3v) is 4.75. The molecule has 0 N–H and O–H groups in total. The average molecular weight is 239 g/mol. The Balaban J connectivity index is 0.000000686. The van der Waals surface area contributed by atoms with Crippen molar-refractivity contribution in [2.24, 2.45) is 17.3 Å². The molecule has 1 aliphatic carbocycles. The zero-order valence-electron chi connectivity index (χ0n) is 12.9. The van der Waals surface area contributed by atoms with Crippen LogP contribution in [0.25, 0.3) is 0 Å². The molecule has 0 spiro atoms. The van der Waals surface area contributed by atoms with Gasteiger partial charge >= 0.3 is 0 Å². The van der Waals surface area contributed by atoms with Crippen LogP contribution in [-0.4, -0.2) is 24.0 Å². The smallest absolute Gasteiger partial charge is 0.0128 e. The minimum Gasteiger partial charge on any atom is -0.300 e. The van der Waals surface area contributed by atoms with Crippen LogP contribution >= 0.6 is 0 Å². The van der Waals surface area contributed by atoms with Crippen molar-refractivity contribution in [1.82, 2.24) is 4.90 Å². The highest BCUT2D eigenvalue weighted by molar-refractivity contribution is 4.93. The van der Waals surface area contributed by atoms with E-state index in [0.717, 1.165) is 17.9 Å². The monoisotopic (exact) mass is 239 g/mol. The first-order chi connectivity index (χ1) is 7.99. The van der Waals surface area contributed by atoms with E-state index in [1.165, 1.54) is 38.8 Å². The Bertz CT molecular complexity index is 214. The molecule has 2 aliphatic rings. The van der Waals surface area contributed by atoms with Crippen molar-refractivity contribution in [2.45, 2.75) is 73.3 Å². The minimum absolute atomic E-state index is 0.569. The molecule has 0 aromatic rings. The van der Waals surface area contributed by atoms with Gasteiger partial charge in [-0.15, -0.1) is 0 Å². The Morgan fingerprint density at radius 3 is 2.00 bits per heavy atom. The lowest BCUT2D eigenvalue weighted by Gasteiger charge is -2.47. The molecule has 0 bridgehead atoms. The third kappa shape index (κ3) is 3.71. The first kappa shape index (κ1) is 15.0. The molecule has 0 amide bonds. The molecule has 2 rings (SSSR count). The lowest BCUT2D eigenvalue weighted by atomic mass is 9.65. The fourth-order valence-corrected chi connectivity index (χ4v) is 3.81. The van der Waals surface area contributed by atoms with E-state index in [0.29, 0.717) is 5.41 Å². The Labute approximate surface area is 109 Å². The molecule has 0 radical (unpaired) electrons. The maximum atomic E-state index is 2.77. The number of nitrogens with zero attached hydrogens (tertiary/aromatic N) is 1. The maximum absolute atomic E-state index is 2.77. The van der Waals surface area contributed by atoms with E-state index in [9.17, 15) is 0 Å². The van der Waals surface area contributed by atoms with Crippen LogP contribution in [0.15, 0.2) is 0 Å². The van der Waals surface area contributed by atoms with E-state index in [2.05, 4.69) is 32.6 Å². The van der Waals surface area contributed by atoms with E-state index >= 15 is 0 Å². The van der Waals surface area contributed by atoms with Crippen LogP contribution in [0, 0.1) is 17.3 Å². The Morgan fingerprint density at radius 2 is 1.47 bits per heavy atom. The number of likely N-dealkylation sites (tertiary alicyclic amines) is 1. The fourth-order valence-electron chi connectivity index (χ4n) is 3.81. The molecule has 3 atom stereocenters. The lowest BCUT2D eigenvalue weighted by Crippen LogP contribution is -2.47. The Hall–Kier alpha value is -0.0400. The van der Waals surface area contributed by atoms with Crippen LogP contribution < -0.4 is 0 Å². The zero-order chi connectivity index (χ0) is 13.1. The van der Waals surface area contributed by atoms with Gasteiger partial charge in [0, 0.05) is 6.04 Å². The van der Waals surface area contributed by atoms with Gasteiger partial charge in [-0.3, -0.25) is 0 Å². The van der Waals surface area contributed by atoms with Crippen LogP contribution in [0.1, 0.15) is 67.2 Å². The molecule has 17 heavy (non-hydrogen) atoms. The van der Waals surface area contributed by atoms with E-state index in [-0.39, 0.29) is 0 Å². The molecule has 1 heteroatoms. The lowest BCUT2D eigenvalue weighted by molar-refractivity contribution is 0.0329. The standard InChI is InChI=1S/C14H27N.C2H6/c1-11-9-14(3,4)10-13(12(11)2)15-7-5-6-8-15;1-2/h11-13H,5-10H2,1-4H3;1-2H3. The largest absolute Gasteiger partial charge is 0.300 e. The summed E-state index contributed by atoms with van der Waals surface area (Å²) >= 11 is 0. The highest BCUT2D eigenvalue weighted by atomic mass is 15.2. The molecule has 0 aromatic heterocycles. The van der Waals surface area contributed by atoms with Crippen molar-refractivity contribution in [3.63, 3.8) is 0 Å². The maximum Gasteiger partial charge on any atom is 0.0128 e. The molecule has 0 aromatic carbocycles. The predicted molar refractivity (Wildman–Crippen MR) is 77.3 cm³/mol. The van der Waals surface area contributed by atoms with Gasteiger partial charge in [0.25, 0.3) is 0 Å². The van der Waals surface area contributed by atoms with Crippen LogP contribution in [0.2, 0.25) is 0 Å². The van der Waals surface area contributed by atoms with E-state index in [1.807, 2.05) is 13.8 Å². The summed E-state index contributed by atoms with van der Waals surface area (Å²) in [6.45, 7) is 16.6. The van der Waals surface area contributed by atoms with Gasteiger partial charge in [-0.2, -0.15) is 0 Å². The molecule has 1 aliphatic heterocycles. The van der Waals surface area contributed by atoms with Gasteiger partial charge in [0.2, 0.25) is 0 Å². The quantitative estimate of drug-likeness (QED) is 0.648. The second-order valence-corrected chi connectivity index (χ2v) is 6.72. The highest BCUT2D eigenvalue weighted by Crippen LogP contribution is 2.44. The second kappa shape index (κ2) is 6.22. The number of hydrogen-bond acceptors (Lipinski definition) is 1. The van der Waals surface area contributed by atoms with Crippen molar-refractivity contribution in [2.75, 3.05) is 13.1 Å². The van der Waals surface area contributed by atoms with Crippen LogP contribution in [-0.2, 0) is 0 Å². The van der Waals surface area contributed by atoms with Crippen LogP contribution in [0.5, 0.6) is 0 Å². The van der Waals surface area contributed by atoms with Gasteiger partial charge < -0.3 is 4.90 Å². The molecular weight excluding hydrogens is 206 g/mol. The van der Waals surface area contributed by atoms with Gasteiger partial charge in [0.1, 0.15) is 0 Å². The third-order valence-electron chi connectivity index (χ3n) is 4.75. The molecule has 1 saturated heterocycles. The van der Waals surface area contributed by atoms with Gasteiger partial charge in [-0.25, -0.2) is 0 Å². The normalized spacial score (nSPS) is 37.4. The molecule has 1 nitrogen and oxygen atoms in total. The average Bonchev–Trinajstić information content (AvgIpc) is 2.79. The highest BCUT2D eigenvalue weighted by Gasteiger charge is 2.40. The summed E-state index contributed by atoms with van der Waals surface area (Å²) in [5.41, 5.74) is 0.569. The molecular formula is C16H33N. The van der Waals surface area contributed by atoms with Crippen molar-refractivity contribution in [3.05, 3.63) is 0 Å². The van der Waals surface area contributed by atoms with Gasteiger partial charge in [0.05, 0.1) is 0 Å². The summed E-state index contributed by atoms with van der Waals surface area (Å²) in [4.78, 5) is 2.77.